The van der Waals surface area contributed by atoms with E-state index in [4.69, 9.17) is 0 Å². The molecule has 0 atom stereocenters. The zero-order valence-corrected chi connectivity index (χ0v) is 20.5. The first kappa shape index (κ1) is 23.2. The summed E-state index contributed by atoms with van der Waals surface area (Å²) in [5.41, 5.74) is 3.28. The number of para-hydroxylation sites is 1. The van der Waals surface area contributed by atoms with Crippen LogP contribution in [0.4, 0.5) is 11.6 Å². The molecule has 1 fully saturated rings. The zero-order valence-electron chi connectivity index (χ0n) is 19.6. The molecule has 0 spiro atoms. The summed E-state index contributed by atoms with van der Waals surface area (Å²) in [5, 5.41) is 9.74. The van der Waals surface area contributed by atoms with Crippen LogP contribution in [0.5, 0.6) is 0 Å². The molecular weight excluding hydrogens is 432 g/mol. The molecule has 0 aliphatic carbocycles. The van der Waals surface area contributed by atoms with Gasteiger partial charge in [0.15, 0.2) is 5.16 Å². The number of anilines is 2. The maximum absolute atomic E-state index is 12.9. The van der Waals surface area contributed by atoms with Crippen LogP contribution in [0.15, 0.2) is 59.8 Å². The average molecular weight is 465 g/mol. The van der Waals surface area contributed by atoms with Crippen LogP contribution in [0.1, 0.15) is 24.8 Å². The second-order valence-electron chi connectivity index (χ2n) is 8.60. The number of piperidine rings is 1. The predicted octanol–water partition coefficient (Wildman–Crippen LogP) is 4.07. The molecule has 2 aromatic carbocycles. The lowest BCUT2D eigenvalue weighted by molar-refractivity contribution is -0.127. The van der Waals surface area contributed by atoms with Crippen LogP contribution >= 0.6 is 11.8 Å². The summed E-state index contributed by atoms with van der Waals surface area (Å²) in [6, 6.07) is 18.5. The van der Waals surface area contributed by atoms with Gasteiger partial charge in [-0.25, -0.2) is 0 Å². The van der Waals surface area contributed by atoms with Crippen molar-refractivity contribution in [2.45, 2.75) is 31.0 Å². The van der Waals surface area contributed by atoms with Crippen LogP contribution in [0.25, 0.3) is 5.69 Å². The largest absolute Gasteiger partial charge is 0.378 e. The van der Waals surface area contributed by atoms with Gasteiger partial charge in [0, 0.05) is 46.5 Å². The minimum Gasteiger partial charge on any atom is -0.378 e. The van der Waals surface area contributed by atoms with E-state index in [-0.39, 0.29) is 5.91 Å². The molecule has 1 aliphatic heterocycles. The summed E-state index contributed by atoms with van der Waals surface area (Å²) < 4.78 is 2.09. The molecule has 4 rings (SSSR count). The third-order valence-electron chi connectivity index (χ3n) is 5.89. The highest BCUT2D eigenvalue weighted by molar-refractivity contribution is 7.99. The Hall–Kier alpha value is -3.00. The fourth-order valence-corrected chi connectivity index (χ4v) is 4.84. The molecule has 1 saturated heterocycles. The average Bonchev–Trinajstić information content (AvgIpc) is 3.28. The van der Waals surface area contributed by atoms with Gasteiger partial charge in [-0.1, -0.05) is 42.1 Å². The Balaban J connectivity index is 1.45. The molecule has 0 radical (unpaired) electrons. The van der Waals surface area contributed by atoms with Crippen molar-refractivity contribution in [3.05, 3.63) is 60.2 Å². The van der Waals surface area contributed by atoms with Crippen LogP contribution in [0.2, 0.25) is 0 Å². The molecule has 1 amide bonds. The van der Waals surface area contributed by atoms with Crippen LogP contribution in [0, 0.1) is 0 Å². The van der Waals surface area contributed by atoms with E-state index in [1.807, 2.05) is 39.3 Å². The van der Waals surface area contributed by atoms with Gasteiger partial charge in [-0.15, -0.1) is 10.2 Å². The summed E-state index contributed by atoms with van der Waals surface area (Å²) in [6.07, 6.45) is 3.60. The molecule has 3 aromatic rings. The molecule has 0 N–H and O–H groups in total. The minimum atomic E-state index is 0.0684. The maximum Gasteiger partial charge on any atom is 0.233 e. The first-order valence-electron chi connectivity index (χ1n) is 11.4. The van der Waals surface area contributed by atoms with E-state index in [9.17, 15) is 4.79 Å². The Kier molecular flexibility index (Phi) is 7.54. The lowest BCUT2D eigenvalue weighted by atomic mass is 10.1. The minimum absolute atomic E-state index is 0.0684. The van der Waals surface area contributed by atoms with Gasteiger partial charge in [0.1, 0.15) is 0 Å². The lowest BCUT2D eigenvalue weighted by Crippen LogP contribution is -2.31. The highest BCUT2D eigenvalue weighted by Crippen LogP contribution is 2.28. The summed E-state index contributed by atoms with van der Waals surface area (Å²) in [4.78, 5) is 19.0. The molecule has 174 valence electrons. The van der Waals surface area contributed by atoms with Gasteiger partial charge < -0.3 is 14.7 Å². The number of carbonyl (C=O) groups excluding carboxylic acids is 1. The topological polar surface area (TPSA) is 57.5 Å². The van der Waals surface area contributed by atoms with Crippen LogP contribution in [-0.4, -0.2) is 65.6 Å². The molecule has 8 heteroatoms. The van der Waals surface area contributed by atoms with Crippen LogP contribution in [-0.2, 0) is 11.3 Å². The Labute approximate surface area is 200 Å². The molecule has 7 nitrogen and oxygen atoms in total. The van der Waals surface area contributed by atoms with E-state index in [0.29, 0.717) is 12.3 Å². The highest BCUT2D eigenvalue weighted by atomic mass is 32.2. The van der Waals surface area contributed by atoms with Gasteiger partial charge in [-0.3, -0.25) is 9.36 Å². The number of carbonyl (C=O) groups is 1. The van der Waals surface area contributed by atoms with E-state index >= 15 is 0 Å². The number of nitrogens with zero attached hydrogens (tertiary/aromatic N) is 6. The molecule has 1 aliphatic rings. The second kappa shape index (κ2) is 10.7. The monoisotopic (exact) mass is 464 g/mol. The van der Waals surface area contributed by atoms with Crippen molar-refractivity contribution in [2.24, 2.45) is 0 Å². The molecule has 1 aromatic heterocycles. The van der Waals surface area contributed by atoms with Crippen molar-refractivity contribution >= 4 is 29.3 Å². The van der Waals surface area contributed by atoms with Gasteiger partial charge in [0.05, 0.1) is 11.4 Å². The Morgan fingerprint density at radius 3 is 2.30 bits per heavy atom. The van der Waals surface area contributed by atoms with Gasteiger partial charge >= 0.3 is 0 Å². The summed E-state index contributed by atoms with van der Waals surface area (Å²) in [5.74, 6) is 1.25. The SMILES string of the molecule is CN(Cc1ccc(N(C)C)cc1)C(=O)CSc1nnc(N2CCCCC2)n1-c1ccccc1. The lowest BCUT2D eigenvalue weighted by Gasteiger charge is -2.27. The number of rotatable bonds is 8. The second-order valence-corrected chi connectivity index (χ2v) is 9.54. The van der Waals surface area contributed by atoms with Crippen molar-refractivity contribution in [1.29, 1.82) is 0 Å². The Bertz CT molecular complexity index is 1040. The van der Waals surface area contributed by atoms with Crippen molar-refractivity contribution < 1.29 is 4.79 Å². The van der Waals surface area contributed by atoms with Gasteiger partial charge in [-0.2, -0.15) is 0 Å². The quantitative estimate of drug-likeness (QED) is 0.469. The number of amides is 1. The molecular formula is C25H32N6OS. The standard InChI is InChI=1S/C25H32N6OS/c1-28(2)21-14-12-20(13-15-21)18-29(3)23(32)19-33-25-27-26-24(30-16-8-5-9-17-30)31(25)22-10-6-4-7-11-22/h4,6-7,10-15H,5,8-9,16-19H2,1-3H3. The van der Waals surface area contributed by atoms with Crippen molar-refractivity contribution in [3.8, 4) is 5.69 Å². The normalized spacial score (nSPS) is 13.7. The molecule has 0 saturated carbocycles. The summed E-state index contributed by atoms with van der Waals surface area (Å²) in [7, 11) is 5.89. The number of hydrogen-bond acceptors (Lipinski definition) is 6. The Morgan fingerprint density at radius 2 is 1.64 bits per heavy atom. The number of aromatic nitrogens is 3. The van der Waals surface area contributed by atoms with E-state index in [1.54, 1.807) is 4.90 Å². The van der Waals surface area contributed by atoms with Crippen LogP contribution < -0.4 is 9.80 Å². The van der Waals surface area contributed by atoms with Gasteiger partial charge in [-0.05, 0) is 49.1 Å². The van der Waals surface area contributed by atoms with Crippen molar-refractivity contribution in [1.82, 2.24) is 19.7 Å². The van der Waals surface area contributed by atoms with E-state index < -0.39 is 0 Å². The first-order chi connectivity index (χ1) is 16.0. The van der Waals surface area contributed by atoms with Crippen molar-refractivity contribution in [2.75, 3.05) is 49.8 Å². The molecule has 2 heterocycles. The van der Waals surface area contributed by atoms with E-state index in [2.05, 4.69) is 61.0 Å². The number of benzene rings is 2. The third-order valence-corrected chi connectivity index (χ3v) is 6.81. The fourth-order valence-electron chi connectivity index (χ4n) is 3.96. The zero-order chi connectivity index (χ0) is 23.2. The Morgan fingerprint density at radius 1 is 0.939 bits per heavy atom. The first-order valence-corrected chi connectivity index (χ1v) is 12.4. The van der Waals surface area contributed by atoms with Crippen LogP contribution in [0.3, 0.4) is 0 Å². The number of hydrogen-bond donors (Lipinski definition) is 0. The summed E-state index contributed by atoms with van der Waals surface area (Å²) in [6.45, 7) is 2.56. The van der Waals surface area contributed by atoms with Crippen molar-refractivity contribution in [3.63, 3.8) is 0 Å². The van der Waals surface area contributed by atoms with E-state index in [1.165, 1.54) is 31.0 Å². The molecule has 0 unspecified atom stereocenters. The fraction of sp³-hybridized carbons (Fsp3) is 0.400. The maximum atomic E-state index is 12.9. The molecule has 33 heavy (non-hydrogen) atoms. The van der Waals surface area contributed by atoms with E-state index in [0.717, 1.165) is 41.1 Å². The third kappa shape index (κ3) is 5.68. The van der Waals surface area contributed by atoms with Gasteiger partial charge in [0.25, 0.3) is 0 Å². The smallest absolute Gasteiger partial charge is 0.233 e. The highest BCUT2D eigenvalue weighted by Gasteiger charge is 2.22. The summed E-state index contributed by atoms with van der Waals surface area (Å²) >= 11 is 1.44. The number of thioether (sulfide) groups is 1. The molecule has 0 bridgehead atoms. The van der Waals surface area contributed by atoms with Gasteiger partial charge in [0.2, 0.25) is 11.9 Å². The predicted molar refractivity (Wildman–Crippen MR) is 135 cm³/mol.